The van der Waals surface area contributed by atoms with Gasteiger partial charge in [0.1, 0.15) is 0 Å². The summed E-state index contributed by atoms with van der Waals surface area (Å²) in [5.74, 6) is 0. The Bertz CT molecular complexity index is 453. The molecule has 0 saturated carbocycles. The minimum Gasteiger partial charge on any atom is -0.378 e. The molecule has 0 unspecified atom stereocenters. The smallest absolute Gasteiger partial charge is 0.186 e. The first-order valence-corrected chi connectivity index (χ1v) is 7.05. The highest BCUT2D eigenvalue weighted by Gasteiger charge is 2.09. The molecule has 0 aliphatic rings. The number of thiazole rings is 1. The van der Waals surface area contributed by atoms with Gasteiger partial charge in [0.05, 0.1) is 23.4 Å². The summed E-state index contributed by atoms with van der Waals surface area (Å²) in [4.78, 5) is 6.88. The summed E-state index contributed by atoms with van der Waals surface area (Å²) >= 11 is 1.73. The molecular formula is C13H19N3OS. The Morgan fingerprint density at radius 2 is 2.17 bits per heavy atom. The van der Waals surface area contributed by atoms with Crippen molar-refractivity contribution in [3.8, 4) is 0 Å². The highest BCUT2D eigenvalue weighted by molar-refractivity contribution is 7.22. The molecule has 2 rings (SSSR count). The number of aromatic nitrogens is 1. The van der Waals surface area contributed by atoms with E-state index in [0.717, 1.165) is 23.7 Å². The van der Waals surface area contributed by atoms with Crippen LogP contribution in [0.25, 0.3) is 10.2 Å². The number of hydrogen-bond acceptors (Lipinski definition) is 5. The third-order valence-electron chi connectivity index (χ3n) is 2.70. The number of nitrogens with two attached hydrogens (primary N) is 1. The molecule has 0 fully saturated rings. The fourth-order valence-corrected chi connectivity index (χ4v) is 2.80. The average Bonchev–Trinajstić information content (AvgIpc) is 2.82. The van der Waals surface area contributed by atoms with E-state index >= 15 is 0 Å². The predicted octanol–water partition coefficient (Wildman–Crippen LogP) is 2.10. The Balaban J connectivity index is 2.02. The van der Waals surface area contributed by atoms with Gasteiger partial charge in [0.2, 0.25) is 0 Å². The first-order chi connectivity index (χ1) is 8.85. The Morgan fingerprint density at radius 3 is 2.89 bits per heavy atom. The van der Waals surface area contributed by atoms with Crippen molar-refractivity contribution < 1.29 is 4.74 Å². The number of para-hydroxylation sites is 1. The lowest BCUT2D eigenvalue weighted by Crippen LogP contribution is -2.27. The van der Waals surface area contributed by atoms with E-state index in [9.17, 15) is 0 Å². The molecule has 0 saturated heterocycles. The van der Waals surface area contributed by atoms with Crippen LogP contribution in [0.4, 0.5) is 5.13 Å². The molecule has 0 atom stereocenters. The normalized spacial score (nSPS) is 11.0. The van der Waals surface area contributed by atoms with Gasteiger partial charge in [-0.15, -0.1) is 0 Å². The Labute approximate surface area is 111 Å². The summed E-state index contributed by atoms with van der Waals surface area (Å²) in [6, 6.07) is 8.22. The first-order valence-electron chi connectivity index (χ1n) is 6.23. The summed E-state index contributed by atoms with van der Waals surface area (Å²) in [5.41, 5.74) is 6.46. The summed E-state index contributed by atoms with van der Waals surface area (Å²) < 4.78 is 6.65. The molecule has 1 aromatic heterocycles. The zero-order chi connectivity index (χ0) is 12.8. The molecule has 0 aliphatic heterocycles. The largest absolute Gasteiger partial charge is 0.378 e. The lowest BCUT2D eigenvalue weighted by molar-refractivity contribution is 0.148. The number of nitrogens with zero attached hydrogens (tertiary/aromatic N) is 2. The van der Waals surface area contributed by atoms with E-state index in [1.54, 1.807) is 11.3 Å². The van der Waals surface area contributed by atoms with Gasteiger partial charge in [-0.2, -0.15) is 0 Å². The van der Waals surface area contributed by atoms with Crippen LogP contribution in [0.2, 0.25) is 0 Å². The van der Waals surface area contributed by atoms with Crippen LogP contribution >= 0.6 is 11.3 Å². The highest BCUT2D eigenvalue weighted by Crippen LogP contribution is 2.28. The molecule has 0 radical (unpaired) electrons. The number of ether oxygens (including phenoxy) is 1. The Hall–Kier alpha value is -1.17. The number of rotatable bonds is 7. The molecule has 1 heterocycles. The van der Waals surface area contributed by atoms with Crippen molar-refractivity contribution in [3.05, 3.63) is 24.3 Å². The van der Waals surface area contributed by atoms with Crippen LogP contribution in [0.15, 0.2) is 24.3 Å². The second kappa shape index (κ2) is 6.68. The van der Waals surface area contributed by atoms with Crippen molar-refractivity contribution in [3.63, 3.8) is 0 Å². The maximum atomic E-state index is 5.42. The van der Waals surface area contributed by atoms with E-state index in [4.69, 9.17) is 10.5 Å². The van der Waals surface area contributed by atoms with Crippen LogP contribution in [-0.4, -0.2) is 37.8 Å². The standard InChI is InChI=1S/C13H19N3OS/c1-2-16(8-10-17-9-7-14)13-15-11-5-3-4-6-12(11)18-13/h3-6H,2,7-10,14H2,1H3. The minimum absolute atomic E-state index is 0.577. The Kier molecular flexibility index (Phi) is 4.92. The minimum atomic E-state index is 0.577. The van der Waals surface area contributed by atoms with Crippen molar-refractivity contribution >= 4 is 26.7 Å². The SMILES string of the molecule is CCN(CCOCCN)c1nc2ccccc2s1. The molecule has 0 aliphatic carbocycles. The molecule has 2 N–H and O–H groups in total. The summed E-state index contributed by atoms with van der Waals surface area (Å²) in [6.07, 6.45) is 0. The van der Waals surface area contributed by atoms with E-state index in [-0.39, 0.29) is 0 Å². The van der Waals surface area contributed by atoms with Gasteiger partial charge in [0.25, 0.3) is 0 Å². The second-order valence-corrected chi connectivity index (χ2v) is 4.95. The topological polar surface area (TPSA) is 51.4 Å². The molecule has 4 nitrogen and oxygen atoms in total. The maximum Gasteiger partial charge on any atom is 0.186 e. The van der Waals surface area contributed by atoms with Gasteiger partial charge in [0, 0.05) is 19.6 Å². The lowest BCUT2D eigenvalue weighted by atomic mass is 10.3. The van der Waals surface area contributed by atoms with Crippen molar-refractivity contribution in [2.75, 3.05) is 37.7 Å². The van der Waals surface area contributed by atoms with E-state index in [2.05, 4.69) is 22.9 Å². The quantitative estimate of drug-likeness (QED) is 0.779. The highest BCUT2D eigenvalue weighted by atomic mass is 32.1. The van der Waals surface area contributed by atoms with E-state index in [1.807, 2.05) is 18.2 Å². The van der Waals surface area contributed by atoms with Gasteiger partial charge in [0.15, 0.2) is 5.13 Å². The summed E-state index contributed by atoms with van der Waals surface area (Å²) in [7, 11) is 0. The second-order valence-electron chi connectivity index (χ2n) is 3.94. The lowest BCUT2D eigenvalue weighted by Gasteiger charge is -2.19. The van der Waals surface area contributed by atoms with Crippen molar-refractivity contribution in [2.24, 2.45) is 5.73 Å². The first kappa shape index (κ1) is 13.3. The predicted molar refractivity (Wildman–Crippen MR) is 77.4 cm³/mol. The molecule has 98 valence electrons. The molecular weight excluding hydrogens is 246 g/mol. The number of likely N-dealkylation sites (N-methyl/N-ethyl adjacent to an activating group) is 1. The fraction of sp³-hybridized carbons (Fsp3) is 0.462. The van der Waals surface area contributed by atoms with Crippen molar-refractivity contribution in [1.29, 1.82) is 0 Å². The third-order valence-corrected chi connectivity index (χ3v) is 3.80. The van der Waals surface area contributed by atoms with Gasteiger partial charge in [-0.25, -0.2) is 4.98 Å². The van der Waals surface area contributed by atoms with Crippen LogP contribution in [0.5, 0.6) is 0 Å². The van der Waals surface area contributed by atoms with Gasteiger partial charge in [-0.1, -0.05) is 23.5 Å². The summed E-state index contributed by atoms with van der Waals surface area (Å²) in [5, 5.41) is 1.06. The van der Waals surface area contributed by atoms with Crippen LogP contribution in [0, 0.1) is 0 Å². The average molecular weight is 265 g/mol. The third kappa shape index (κ3) is 3.19. The van der Waals surface area contributed by atoms with Crippen LogP contribution in [0.1, 0.15) is 6.92 Å². The van der Waals surface area contributed by atoms with Crippen LogP contribution in [-0.2, 0) is 4.74 Å². The zero-order valence-electron chi connectivity index (χ0n) is 10.6. The molecule has 5 heteroatoms. The molecule has 2 aromatic rings. The van der Waals surface area contributed by atoms with E-state index < -0.39 is 0 Å². The van der Waals surface area contributed by atoms with Crippen LogP contribution in [0.3, 0.4) is 0 Å². The molecule has 0 spiro atoms. The van der Waals surface area contributed by atoms with Gasteiger partial charge >= 0.3 is 0 Å². The number of anilines is 1. The zero-order valence-corrected chi connectivity index (χ0v) is 11.4. The molecule has 18 heavy (non-hydrogen) atoms. The van der Waals surface area contributed by atoms with E-state index in [0.29, 0.717) is 19.8 Å². The van der Waals surface area contributed by atoms with Gasteiger partial charge < -0.3 is 15.4 Å². The van der Waals surface area contributed by atoms with E-state index in [1.165, 1.54) is 4.70 Å². The monoisotopic (exact) mass is 265 g/mol. The summed E-state index contributed by atoms with van der Waals surface area (Å²) in [6.45, 7) is 5.82. The Morgan fingerprint density at radius 1 is 1.33 bits per heavy atom. The van der Waals surface area contributed by atoms with Crippen LogP contribution < -0.4 is 10.6 Å². The van der Waals surface area contributed by atoms with Gasteiger partial charge in [-0.3, -0.25) is 0 Å². The number of hydrogen-bond donors (Lipinski definition) is 1. The van der Waals surface area contributed by atoms with Crippen molar-refractivity contribution in [2.45, 2.75) is 6.92 Å². The molecule has 1 aromatic carbocycles. The maximum absolute atomic E-state index is 5.42. The number of fused-ring (bicyclic) bond motifs is 1. The van der Waals surface area contributed by atoms with Gasteiger partial charge in [-0.05, 0) is 19.1 Å². The molecule has 0 amide bonds. The number of benzene rings is 1. The fourth-order valence-electron chi connectivity index (χ4n) is 1.74. The van der Waals surface area contributed by atoms with Crippen molar-refractivity contribution in [1.82, 2.24) is 4.98 Å². The molecule has 0 bridgehead atoms.